The molecule has 1 atom stereocenters. The number of aryl methyl sites for hydroxylation is 1. The highest BCUT2D eigenvalue weighted by Crippen LogP contribution is 2.14. The first kappa shape index (κ1) is 20.2. The van der Waals surface area contributed by atoms with Crippen molar-refractivity contribution < 1.29 is 18.8 Å². The van der Waals surface area contributed by atoms with Gasteiger partial charge in [-0.25, -0.2) is 9.07 Å². The molecule has 0 spiro atoms. The molecule has 2 N–H and O–H groups in total. The van der Waals surface area contributed by atoms with E-state index in [-0.39, 0.29) is 29.0 Å². The van der Waals surface area contributed by atoms with E-state index in [1.165, 1.54) is 28.8 Å². The van der Waals surface area contributed by atoms with Crippen molar-refractivity contribution in [3.8, 4) is 0 Å². The Kier molecular flexibility index (Phi) is 5.87. The Hall–Kier alpha value is -3.10. The maximum absolute atomic E-state index is 13.4. The molecule has 1 aliphatic heterocycles. The molecule has 2 aromatic carbocycles. The molecular formula is C22H24FN4O3+. The topological polar surface area (TPSA) is 77.7 Å². The van der Waals surface area contributed by atoms with Crippen LogP contribution in [0.2, 0.25) is 0 Å². The molecule has 3 aromatic rings. The maximum Gasteiger partial charge on any atom is 0.274 e. The van der Waals surface area contributed by atoms with Crippen LogP contribution in [0.4, 0.5) is 4.39 Å². The third-order valence-corrected chi connectivity index (χ3v) is 5.54. The molecule has 1 amide bonds. The summed E-state index contributed by atoms with van der Waals surface area (Å²) in [7, 11) is 1.53. The monoisotopic (exact) mass is 411 g/mol. The van der Waals surface area contributed by atoms with Crippen LogP contribution in [0, 0.1) is 5.82 Å². The van der Waals surface area contributed by atoms with Gasteiger partial charge >= 0.3 is 0 Å². The lowest BCUT2D eigenvalue weighted by molar-refractivity contribution is -0.937. The number of quaternary nitrogens is 1. The zero-order valence-electron chi connectivity index (χ0n) is 16.7. The molecule has 0 saturated carbocycles. The summed E-state index contributed by atoms with van der Waals surface area (Å²) in [5, 5.41) is 8.14. The van der Waals surface area contributed by atoms with Crippen LogP contribution in [0.15, 0.2) is 53.3 Å². The van der Waals surface area contributed by atoms with Crippen molar-refractivity contribution >= 4 is 16.7 Å². The van der Waals surface area contributed by atoms with Crippen molar-refractivity contribution in [1.82, 2.24) is 15.1 Å². The number of benzene rings is 2. The number of fused-ring (bicyclic) bond motifs is 1. The second kappa shape index (κ2) is 8.73. The van der Waals surface area contributed by atoms with E-state index < -0.39 is 0 Å². The first-order valence-electron chi connectivity index (χ1n) is 9.96. The Bertz CT molecular complexity index is 1110. The molecule has 0 bridgehead atoms. The van der Waals surface area contributed by atoms with Crippen molar-refractivity contribution in [1.29, 1.82) is 0 Å². The Balaban J connectivity index is 1.60. The number of amides is 1. The van der Waals surface area contributed by atoms with E-state index in [0.29, 0.717) is 30.5 Å². The molecule has 8 heteroatoms. The lowest BCUT2D eigenvalue weighted by atomic mass is 10.0. The number of hydrogen-bond donors (Lipinski definition) is 2. The SMILES string of the molecule is Cn1nc(C(=O)NC[C@@H](c2ccc(F)cc2)[NH+]2CCOCC2)c2ccccc2c1=O. The van der Waals surface area contributed by atoms with Crippen LogP contribution >= 0.6 is 0 Å². The van der Waals surface area contributed by atoms with Gasteiger partial charge in [-0.15, -0.1) is 0 Å². The van der Waals surface area contributed by atoms with E-state index in [0.717, 1.165) is 18.7 Å². The number of nitrogens with zero attached hydrogens (tertiary/aromatic N) is 2. The van der Waals surface area contributed by atoms with Crippen LogP contribution in [0.1, 0.15) is 22.1 Å². The average molecular weight is 411 g/mol. The maximum atomic E-state index is 13.4. The lowest BCUT2D eigenvalue weighted by Gasteiger charge is -2.32. The van der Waals surface area contributed by atoms with Crippen LogP contribution in [-0.2, 0) is 11.8 Å². The number of carbonyl (C=O) groups is 1. The van der Waals surface area contributed by atoms with Gasteiger partial charge in [-0.3, -0.25) is 9.59 Å². The summed E-state index contributed by atoms with van der Waals surface area (Å²) in [4.78, 5) is 26.6. The van der Waals surface area contributed by atoms with Gasteiger partial charge in [0, 0.05) is 18.0 Å². The highest BCUT2D eigenvalue weighted by molar-refractivity contribution is 6.04. The third kappa shape index (κ3) is 4.10. The average Bonchev–Trinajstić information content (AvgIpc) is 2.78. The number of carbonyl (C=O) groups excluding carboxylic acids is 1. The van der Waals surface area contributed by atoms with Gasteiger partial charge in [-0.1, -0.05) is 30.3 Å². The molecule has 1 fully saturated rings. The van der Waals surface area contributed by atoms with Crippen LogP contribution in [-0.4, -0.2) is 48.5 Å². The van der Waals surface area contributed by atoms with Crippen molar-refractivity contribution in [2.24, 2.45) is 7.05 Å². The van der Waals surface area contributed by atoms with Crippen molar-refractivity contribution in [2.75, 3.05) is 32.8 Å². The predicted octanol–water partition coefficient (Wildman–Crippen LogP) is 0.459. The number of hydrogen-bond acceptors (Lipinski definition) is 4. The number of morpholine rings is 1. The van der Waals surface area contributed by atoms with E-state index in [2.05, 4.69) is 10.4 Å². The Morgan fingerprint density at radius 2 is 1.83 bits per heavy atom. The number of rotatable bonds is 5. The first-order valence-corrected chi connectivity index (χ1v) is 9.96. The molecule has 4 rings (SSSR count). The van der Waals surface area contributed by atoms with Crippen LogP contribution in [0.25, 0.3) is 10.8 Å². The first-order chi connectivity index (χ1) is 14.5. The lowest BCUT2D eigenvalue weighted by Crippen LogP contribution is -3.15. The smallest absolute Gasteiger partial charge is 0.274 e. The number of ether oxygens (including phenoxy) is 1. The molecule has 1 aromatic heterocycles. The van der Waals surface area contributed by atoms with E-state index in [4.69, 9.17) is 4.74 Å². The van der Waals surface area contributed by atoms with Crippen LogP contribution in [0.3, 0.4) is 0 Å². The zero-order chi connectivity index (χ0) is 21.1. The second-order valence-electron chi connectivity index (χ2n) is 7.41. The van der Waals surface area contributed by atoms with Gasteiger partial charge in [0.15, 0.2) is 5.69 Å². The van der Waals surface area contributed by atoms with Crippen molar-refractivity contribution in [3.63, 3.8) is 0 Å². The van der Waals surface area contributed by atoms with Gasteiger partial charge in [0.25, 0.3) is 11.5 Å². The van der Waals surface area contributed by atoms with Gasteiger partial charge in [0.1, 0.15) is 24.9 Å². The third-order valence-electron chi connectivity index (χ3n) is 5.54. The molecule has 0 unspecified atom stereocenters. The van der Waals surface area contributed by atoms with Crippen molar-refractivity contribution in [3.05, 3.63) is 76.0 Å². The van der Waals surface area contributed by atoms with Gasteiger partial charge in [0.2, 0.25) is 0 Å². The molecule has 7 nitrogen and oxygen atoms in total. The van der Waals surface area contributed by atoms with Gasteiger partial charge < -0.3 is 15.0 Å². The minimum Gasteiger partial charge on any atom is -0.370 e. The Morgan fingerprint density at radius 1 is 1.17 bits per heavy atom. The minimum atomic E-state index is -0.346. The van der Waals surface area contributed by atoms with Gasteiger partial charge in [0.05, 0.1) is 25.1 Å². The highest BCUT2D eigenvalue weighted by atomic mass is 19.1. The summed E-state index contributed by atoms with van der Waals surface area (Å²) in [6.45, 7) is 3.26. The van der Waals surface area contributed by atoms with E-state index in [1.807, 2.05) is 0 Å². The van der Waals surface area contributed by atoms with Gasteiger partial charge in [-0.05, 0) is 18.2 Å². The van der Waals surface area contributed by atoms with E-state index >= 15 is 0 Å². The summed E-state index contributed by atoms with van der Waals surface area (Å²) >= 11 is 0. The highest BCUT2D eigenvalue weighted by Gasteiger charge is 2.27. The van der Waals surface area contributed by atoms with E-state index in [1.54, 1.807) is 36.4 Å². The normalized spacial score (nSPS) is 15.8. The fourth-order valence-electron chi connectivity index (χ4n) is 3.92. The Morgan fingerprint density at radius 3 is 2.53 bits per heavy atom. The molecule has 0 aliphatic carbocycles. The molecule has 1 aliphatic rings. The Labute approximate surface area is 173 Å². The van der Waals surface area contributed by atoms with E-state index in [9.17, 15) is 14.0 Å². The second-order valence-corrected chi connectivity index (χ2v) is 7.41. The van der Waals surface area contributed by atoms with Crippen LogP contribution < -0.4 is 15.8 Å². The molecular weight excluding hydrogens is 387 g/mol. The quantitative estimate of drug-likeness (QED) is 0.640. The summed E-state index contributed by atoms with van der Waals surface area (Å²) in [5.41, 5.74) is 0.915. The fraction of sp³-hybridized carbons (Fsp3) is 0.318. The molecule has 0 radical (unpaired) electrons. The molecule has 156 valence electrons. The fourth-order valence-corrected chi connectivity index (χ4v) is 3.92. The predicted molar refractivity (Wildman–Crippen MR) is 110 cm³/mol. The number of halogens is 1. The number of aromatic nitrogens is 2. The molecule has 2 heterocycles. The standard InChI is InChI=1S/C22H23FN4O3/c1-26-22(29)18-5-3-2-4-17(18)20(25-26)21(28)24-14-19(27-10-12-30-13-11-27)15-6-8-16(23)9-7-15/h2-9,19H,10-14H2,1H3,(H,24,28)/p+1/t19-/m0/s1. The van der Waals surface area contributed by atoms with Crippen molar-refractivity contribution in [2.45, 2.75) is 6.04 Å². The summed E-state index contributed by atoms with van der Waals surface area (Å²) in [6.07, 6.45) is 0. The summed E-state index contributed by atoms with van der Waals surface area (Å²) in [6, 6.07) is 13.3. The molecule has 30 heavy (non-hydrogen) atoms. The molecule has 1 saturated heterocycles. The zero-order valence-corrected chi connectivity index (χ0v) is 16.7. The number of nitrogens with one attached hydrogen (secondary N) is 2. The van der Waals surface area contributed by atoms with Gasteiger partial charge in [-0.2, -0.15) is 5.10 Å². The van der Waals surface area contributed by atoms with Crippen LogP contribution in [0.5, 0.6) is 0 Å². The summed E-state index contributed by atoms with van der Waals surface area (Å²) in [5.74, 6) is -0.638. The minimum absolute atomic E-state index is 0.0442. The summed E-state index contributed by atoms with van der Waals surface area (Å²) < 4.78 is 20.1. The largest absolute Gasteiger partial charge is 0.370 e.